The average Bonchev–Trinajstić information content (AvgIpc) is 2.70. The summed E-state index contributed by atoms with van der Waals surface area (Å²) < 4.78 is 13.8. The Hall–Kier alpha value is -2.15. The summed E-state index contributed by atoms with van der Waals surface area (Å²) in [7, 11) is 0. The van der Waals surface area contributed by atoms with Crippen LogP contribution in [0.15, 0.2) is 54.6 Å². The first-order valence-electron chi connectivity index (χ1n) is 5.67. The van der Waals surface area contributed by atoms with Gasteiger partial charge in [-0.25, -0.2) is 4.39 Å². The minimum atomic E-state index is -0.140. The molecule has 0 spiro atoms. The predicted octanol–water partition coefficient (Wildman–Crippen LogP) is 4.63. The smallest absolute Gasteiger partial charge is 0.131 e. The second-order valence-electron chi connectivity index (χ2n) is 4.37. The van der Waals surface area contributed by atoms with Crippen LogP contribution in [0, 0.1) is 5.82 Å². The molecule has 0 unspecified atom stereocenters. The fourth-order valence-corrected chi connectivity index (χ4v) is 2.77. The van der Waals surface area contributed by atoms with Gasteiger partial charge in [0.15, 0.2) is 0 Å². The lowest BCUT2D eigenvalue weighted by Crippen LogP contribution is -1.80. The van der Waals surface area contributed by atoms with E-state index in [9.17, 15) is 4.39 Å². The molecule has 17 heavy (non-hydrogen) atoms. The Morgan fingerprint density at radius 1 is 0.588 bits per heavy atom. The Kier molecular flexibility index (Phi) is 1.55. The third kappa shape index (κ3) is 1.01. The number of hydrogen-bond acceptors (Lipinski definition) is 0. The molecule has 0 saturated heterocycles. The summed E-state index contributed by atoms with van der Waals surface area (Å²) in [5.41, 5.74) is 4.71. The summed E-state index contributed by atoms with van der Waals surface area (Å²) in [5, 5.41) is 1.77. The fraction of sp³-hybridized carbons (Fsp3) is 0. The monoisotopic (exact) mass is 220 g/mol. The van der Waals surface area contributed by atoms with Crippen LogP contribution in [0.4, 0.5) is 4.39 Å². The van der Waals surface area contributed by atoms with Gasteiger partial charge in [0.1, 0.15) is 5.82 Å². The van der Waals surface area contributed by atoms with E-state index in [0.29, 0.717) is 0 Å². The van der Waals surface area contributed by atoms with Crippen molar-refractivity contribution >= 4 is 10.8 Å². The summed E-state index contributed by atoms with van der Waals surface area (Å²) in [6.07, 6.45) is 0. The third-order valence-corrected chi connectivity index (χ3v) is 3.49. The van der Waals surface area contributed by atoms with Crippen LogP contribution < -0.4 is 0 Å². The predicted molar refractivity (Wildman–Crippen MR) is 68.3 cm³/mol. The Labute approximate surface area is 98.3 Å². The average molecular weight is 220 g/mol. The number of rotatable bonds is 0. The molecule has 0 nitrogen and oxygen atoms in total. The van der Waals surface area contributed by atoms with Crippen molar-refractivity contribution < 1.29 is 4.39 Å². The van der Waals surface area contributed by atoms with E-state index in [1.54, 1.807) is 6.07 Å². The topological polar surface area (TPSA) is 0 Å². The fourth-order valence-electron chi connectivity index (χ4n) is 2.77. The number of hydrogen-bond donors (Lipinski definition) is 0. The summed E-state index contributed by atoms with van der Waals surface area (Å²) >= 11 is 0. The van der Waals surface area contributed by atoms with Gasteiger partial charge in [0.2, 0.25) is 0 Å². The van der Waals surface area contributed by atoms with E-state index in [1.165, 1.54) is 11.1 Å². The molecule has 0 amide bonds. The van der Waals surface area contributed by atoms with E-state index in [-0.39, 0.29) is 5.82 Å². The van der Waals surface area contributed by atoms with Crippen molar-refractivity contribution in [2.75, 3.05) is 0 Å². The molecule has 0 atom stereocenters. The van der Waals surface area contributed by atoms with Crippen molar-refractivity contribution in [2.24, 2.45) is 0 Å². The maximum Gasteiger partial charge on any atom is 0.131 e. The lowest BCUT2D eigenvalue weighted by atomic mass is 10.0. The van der Waals surface area contributed by atoms with E-state index in [0.717, 1.165) is 21.9 Å². The second kappa shape index (κ2) is 2.95. The second-order valence-corrected chi connectivity index (χ2v) is 4.37. The molecule has 3 aromatic rings. The van der Waals surface area contributed by atoms with Gasteiger partial charge in [-0.2, -0.15) is 0 Å². The molecule has 0 N–H and O–H groups in total. The first-order chi connectivity index (χ1) is 8.36. The lowest BCUT2D eigenvalue weighted by Gasteiger charge is -2.02. The van der Waals surface area contributed by atoms with Crippen molar-refractivity contribution in [1.82, 2.24) is 0 Å². The van der Waals surface area contributed by atoms with Crippen molar-refractivity contribution in [3.8, 4) is 22.3 Å². The molecule has 0 bridgehead atoms. The number of benzene rings is 3. The summed E-state index contributed by atoms with van der Waals surface area (Å²) in [4.78, 5) is 0. The molecule has 0 fully saturated rings. The third-order valence-electron chi connectivity index (χ3n) is 3.49. The van der Waals surface area contributed by atoms with Gasteiger partial charge >= 0.3 is 0 Å². The first kappa shape index (κ1) is 8.94. The standard InChI is InChI=1S/C16H9F/c17-15-9-8-13-11-5-2-1-4-10(11)12-6-3-7-14(15)16(12)13/h1-9H. The Morgan fingerprint density at radius 2 is 1.24 bits per heavy atom. The van der Waals surface area contributed by atoms with Crippen LogP contribution in [0.5, 0.6) is 0 Å². The van der Waals surface area contributed by atoms with Crippen LogP contribution in [0.2, 0.25) is 0 Å². The first-order valence-corrected chi connectivity index (χ1v) is 5.67. The summed E-state index contributed by atoms with van der Waals surface area (Å²) in [6.45, 7) is 0. The molecule has 80 valence electrons. The van der Waals surface area contributed by atoms with Crippen LogP contribution in [0.1, 0.15) is 0 Å². The Morgan fingerprint density at radius 3 is 2.00 bits per heavy atom. The van der Waals surface area contributed by atoms with E-state index in [4.69, 9.17) is 0 Å². The molecule has 4 rings (SSSR count). The largest absolute Gasteiger partial charge is 0.206 e. The van der Waals surface area contributed by atoms with Crippen LogP contribution >= 0.6 is 0 Å². The Balaban J connectivity index is 2.30. The van der Waals surface area contributed by atoms with Gasteiger partial charge in [0, 0.05) is 10.8 Å². The highest BCUT2D eigenvalue weighted by atomic mass is 19.1. The number of halogens is 1. The highest BCUT2D eigenvalue weighted by molar-refractivity contribution is 6.15. The summed E-state index contributed by atoms with van der Waals surface area (Å²) in [5.74, 6) is -0.140. The molecular formula is C16H9F. The van der Waals surface area contributed by atoms with E-state index >= 15 is 0 Å². The molecular weight excluding hydrogens is 211 g/mol. The van der Waals surface area contributed by atoms with Gasteiger partial charge in [0.05, 0.1) is 0 Å². The molecule has 0 aliphatic heterocycles. The Bertz CT molecular complexity index is 727. The van der Waals surface area contributed by atoms with Gasteiger partial charge in [-0.1, -0.05) is 48.5 Å². The van der Waals surface area contributed by atoms with E-state index in [1.807, 2.05) is 30.3 Å². The molecule has 0 saturated carbocycles. The van der Waals surface area contributed by atoms with Crippen molar-refractivity contribution in [2.45, 2.75) is 0 Å². The van der Waals surface area contributed by atoms with Crippen molar-refractivity contribution in [3.05, 3.63) is 60.4 Å². The zero-order valence-corrected chi connectivity index (χ0v) is 9.07. The molecule has 1 aliphatic rings. The maximum atomic E-state index is 13.8. The molecule has 0 heterocycles. The zero-order valence-electron chi connectivity index (χ0n) is 9.07. The van der Waals surface area contributed by atoms with E-state index < -0.39 is 0 Å². The van der Waals surface area contributed by atoms with Gasteiger partial charge in [-0.05, 0) is 28.3 Å². The molecule has 1 aliphatic carbocycles. The quantitative estimate of drug-likeness (QED) is 0.405. The SMILES string of the molecule is Fc1ccc2c3c(cccc13)-c1ccccc1-2. The molecule has 1 heteroatoms. The van der Waals surface area contributed by atoms with Crippen LogP contribution in [-0.2, 0) is 0 Å². The summed E-state index contributed by atoms with van der Waals surface area (Å²) in [6, 6.07) is 17.5. The van der Waals surface area contributed by atoms with Gasteiger partial charge in [0.25, 0.3) is 0 Å². The van der Waals surface area contributed by atoms with Crippen LogP contribution in [0.3, 0.4) is 0 Å². The zero-order chi connectivity index (χ0) is 11.4. The highest BCUT2D eigenvalue weighted by Crippen LogP contribution is 2.47. The van der Waals surface area contributed by atoms with Gasteiger partial charge in [-0.3, -0.25) is 0 Å². The maximum absolute atomic E-state index is 13.8. The van der Waals surface area contributed by atoms with E-state index in [2.05, 4.69) is 18.2 Å². The van der Waals surface area contributed by atoms with Crippen molar-refractivity contribution in [1.29, 1.82) is 0 Å². The van der Waals surface area contributed by atoms with Gasteiger partial charge < -0.3 is 0 Å². The lowest BCUT2D eigenvalue weighted by molar-refractivity contribution is 0.640. The molecule has 3 aromatic carbocycles. The number of fused-ring (bicyclic) bond motifs is 3. The van der Waals surface area contributed by atoms with Crippen LogP contribution in [0.25, 0.3) is 33.0 Å². The normalized spacial score (nSPS) is 11.8. The van der Waals surface area contributed by atoms with Gasteiger partial charge in [-0.15, -0.1) is 0 Å². The minimum Gasteiger partial charge on any atom is -0.206 e. The van der Waals surface area contributed by atoms with Crippen LogP contribution in [-0.4, -0.2) is 0 Å². The highest BCUT2D eigenvalue weighted by Gasteiger charge is 2.21. The molecule has 0 radical (unpaired) electrons. The van der Waals surface area contributed by atoms with Crippen molar-refractivity contribution in [3.63, 3.8) is 0 Å². The minimum absolute atomic E-state index is 0.140. The molecule has 0 aromatic heterocycles.